The molecule has 0 unspecified atom stereocenters. The van der Waals surface area contributed by atoms with Crippen molar-refractivity contribution in [3.63, 3.8) is 0 Å². The molecule has 7 heteroatoms. The number of benzene rings is 1. The summed E-state index contributed by atoms with van der Waals surface area (Å²) in [7, 11) is 1.85. The number of aryl methyl sites for hydroxylation is 2. The highest BCUT2D eigenvalue weighted by Crippen LogP contribution is 2.23. The lowest BCUT2D eigenvalue weighted by molar-refractivity contribution is -0.113. The number of nitrogens with one attached hydrogen (secondary N) is 1. The molecule has 0 saturated carbocycles. The van der Waals surface area contributed by atoms with Crippen LogP contribution < -0.4 is 11.1 Å². The molecular weight excluding hydrogens is 296 g/mol. The second-order valence-electron chi connectivity index (χ2n) is 4.32. The predicted octanol–water partition coefficient (Wildman–Crippen LogP) is 2.69. The first-order valence-electron chi connectivity index (χ1n) is 5.94. The fourth-order valence-electron chi connectivity index (χ4n) is 1.68. The van der Waals surface area contributed by atoms with Gasteiger partial charge in [0.2, 0.25) is 5.91 Å². The van der Waals surface area contributed by atoms with E-state index in [4.69, 9.17) is 17.3 Å². The highest BCUT2D eigenvalue weighted by molar-refractivity contribution is 7.99. The van der Waals surface area contributed by atoms with Gasteiger partial charge in [0, 0.05) is 12.7 Å². The van der Waals surface area contributed by atoms with E-state index in [9.17, 15) is 4.79 Å². The van der Waals surface area contributed by atoms with Gasteiger partial charge in [-0.3, -0.25) is 9.48 Å². The summed E-state index contributed by atoms with van der Waals surface area (Å²) in [6.07, 6.45) is 0. The zero-order valence-corrected chi connectivity index (χ0v) is 12.8. The maximum atomic E-state index is 11.9. The van der Waals surface area contributed by atoms with Crippen LogP contribution in [0.25, 0.3) is 0 Å². The van der Waals surface area contributed by atoms with Gasteiger partial charge < -0.3 is 11.1 Å². The Morgan fingerprint density at radius 2 is 2.25 bits per heavy atom. The van der Waals surface area contributed by atoms with Gasteiger partial charge in [-0.25, -0.2) is 0 Å². The van der Waals surface area contributed by atoms with Crippen molar-refractivity contribution in [3.05, 3.63) is 35.0 Å². The number of carbonyl (C=O) groups is 1. The van der Waals surface area contributed by atoms with Crippen molar-refractivity contribution in [1.29, 1.82) is 0 Å². The molecule has 0 fully saturated rings. The van der Waals surface area contributed by atoms with E-state index in [1.54, 1.807) is 22.9 Å². The molecule has 1 amide bonds. The second-order valence-corrected chi connectivity index (χ2v) is 5.72. The summed E-state index contributed by atoms with van der Waals surface area (Å²) in [5.74, 6) is 0.206. The minimum Gasteiger partial charge on any atom is -0.397 e. The maximum Gasteiger partial charge on any atom is 0.234 e. The summed E-state index contributed by atoms with van der Waals surface area (Å²) in [6, 6.07) is 6.96. The quantitative estimate of drug-likeness (QED) is 0.672. The first-order valence-corrected chi connectivity index (χ1v) is 7.30. The average molecular weight is 311 g/mol. The Morgan fingerprint density at radius 1 is 1.50 bits per heavy atom. The highest BCUT2D eigenvalue weighted by Gasteiger charge is 2.08. The fraction of sp³-hybridized carbons (Fsp3) is 0.231. The lowest BCUT2D eigenvalue weighted by Gasteiger charge is -2.07. The number of nitrogens with zero attached hydrogens (tertiary/aromatic N) is 2. The summed E-state index contributed by atoms with van der Waals surface area (Å²) in [4.78, 5) is 11.9. The molecule has 3 N–H and O–H groups in total. The van der Waals surface area contributed by atoms with Crippen LogP contribution in [0.3, 0.4) is 0 Å². The number of hydrogen-bond donors (Lipinski definition) is 2. The number of rotatable bonds is 4. The van der Waals surface area contributed by atoms with Crippen LogP contribution >= 0.6 is 23.4 Å². The number of nitrogens with two attached hydrogens (primary N) is 1. The number of thioether (sulfide) groups is 1. The third-order valence-corrected chi connectivity index (χ3v) is 4.02. The lowest BCUT2D eigenvalue weighted by Crippen LogP contribution is -2.14. The summed E-state index contributed by atoms with van der Waals surface area (Å²) < 4.78 is 1.76. The molecule has 0 saturated heterocycles. The molecule has 1 heterocycles. The molecule has 0 aliphatic heterocycles. The van der Waals surface area contributed by atoms with Gasteiger partial charge in [0.15, 0.2) is 0 Å². The second kappa shape index (κ2) is 6.19. The van der Waals surface area contributed by atoms with Crippen molar-refractivity contribution < 1.29 is 4.79 Å². The molecule has 0 radical (unpaired) electrons. The van der Waals surface area contributed by atoms with Gasteiger partial charge in [0.1, 0.15) is 0 Å². The summed E-state index contributed by atoms with van der Waals surface area (Å²) in [6.45, 7) is 1.92. The van der Waals surface area contributed by atoms with Crippen LogP contribution in [-0.4, -0.2) is 21.4 Å². The Kier molecular flexibility index (Phi) is 4.57. The van der Waals surface area contributed by atoms with Crippen molar-refractivity contribution >= 4 is 40.6 Å². The van der Waals surface area contributed by atoms with Crippen LogP contribution in [0.5, 0.6) is 0 Å². The molecular formula is C13H15ClN4OS. The minimum atomic E-state index is -0.101. The Bertz CT molecular complexity index is 641. The molecule has 2 rings (SSSR count). The maximum absolute atomic E-state index is 11.9. The van der Waals surface area contributed by atoms with E-state index in [0.717, 1.165) is 10.7 Å². The highest BCUT2D eigenvalue weighted by atomic mass is 35.5. The molecule has 1 aromatic carbocycles. The van der Waals surface area contributed by atoms with E-state index in [1.807, 2.05) is 20.0 Å². The summed E-state index contributed by atoms with van der Waals surface area (Å²) in [5, 5.41) is 8.43. The van der Waals surface area contributed by atoms with E-state index >= 15 is 0 Å². The average Bonchev–Trinajstić information content (AvgIpc) is 2.70. The van der Waals surface area contributed by atoms with Crippen molar-refractivity contribution in [1.82, 2.24) is 9.78 Å². The molecule has 0 aliphatic carbocycles. The fourth-order valence-corrected chi connectivity index (χ4v) is 2.63. The Morgan fingerprint density at radius 3 is 2.85 bits per heavy atom. The molecule has 0 aliphatic rings. The van der Waals surface area contributed by atoms with Gasteiger partial charge in [0.05, 0.1) is 27.2 Å². The van der Waals surface area contributed by atoms with Gasteiger partial charge in [-0.1, -0.05) is 23.4 Å². The molecule has 0 bridgehead atoms. The Balaban J connectivity index is 1.92. The lowest BCUT2D eigenvalue weighted by atomic mass is 10.3. The van der Waals surface area contributed by atoms with E-state index < -0.39 is 0 Å². The molecule has 1 aromatic heterocycles. The number of anilines is 2. The van der Waals surface area contributed by atoms with Crippen LogP contribution in [0.1, 0.15) is 5.69 Å². The third kappa shape index (κ3) is 3.68. The van der Waals surface area contributed by atoms with Crippen molar-refractivity contribution in [3.8, 4) is 0 Å². The van der Waals surface area contributed by atoms with Crippen molar-refractivity contribution in [2.45, 2.75) is 11.9 Å². The normalized spacial score (nSPS) is 10.6. The first kappa shape index (κ1) is 14.7. The number of hydrogen-bond acceptors (Lipinski definition) is 4. The van der Waals surface area contributed by atoms with Crippen LogP contribution in [0, 0.1) is 6.92 Å². The van der Waals surface area contributed by atoms with E-state index in [0.29, 0.717) is 22.2 Å². The standard InChI is InChI=1S/C13H15ClN4OS/c1-8-5-13(18(2)17-8)20-7-12(19)16-9-3-4-10(14)11(15)6-9/h3-6H,7,15H2,1-2H3,(H,16,19). The smallest absolute Gasteiger partial charge is 0.234 e. The third-order valence-electron chi connectivity index (χ3n) is 2.59. The number of carbonyl (C=O) groups excluding carboxylic acids is 1. The van der Waals surface area contributed by atoms with Gasteiger partial charge in [-0.05, 0) is 31.2 Å². The number of amides is 1. The summed E-state index contributed by atoms with van der Waals surface area (Å²) in [5.41, 5.74) is 7.70. The number of aromatic nitrogens is 2. The molecule has 2 aromatic rings. The van der Waals surface area contributed by atoms with Crippen LogP contribution in [-0.2, 0) is 11.8 Å². The van der Waals surface area contributed by atoms with Gasteiger partial charge in [0.25, 0.3) is 0 Å². The van der Waals surface area contributed by atoms with Crippen LogP contribution in [0.2, 0.25) is 5.02 Å². The van der Waals surface area contributed by atoms with Gasteiger partial charge in [-0.15, -0.1) is 0 Å². The molecule has 5 nitrogen and oxygen atoms in total. The van der Waals surface area contributed by atoms with Gasteiger partial charge >= 0.3 is 0 Å². The zero-order valence-electron chi connectivity index (χ0n) is 11.2. The van der Waals surface area contributed by atoms with Crippen LogP contribution in [0.15, 0.2) is 29.3 Å². The largest absolute Gasteiger partial charge is 0.397 e. The predicted molar refractivity (Wildman–Crippen MR) is 83.2 cm³/mol. The topological polar surface area (TPSA) is 72.9 Å². The van der Waals surface area contributed by atoms with Gasteiger partial charge in [-0.2, -0.15) is 5.10 Å². The zero-order chi connectivity index (χ0) is 14.7. The van der Waals surface area contributed by atoms with Crippen LogP contribution in [0.4, 0.5) is 11.4 Å². The van der Waals surface area contributed by atoms with E-state index in [2.05, 4.69) is 10.4 Å². The number of halogens is 1. The molecule has 106 valence electrons. The molecule has 0 spiro atoms. The number of nitrogen functional groups attached to an aromatic ring is 1. The van der Waals surface area contributed by atoms with Crippen molar-refractivity contribution in [2.24, 2.45) is 7.05 Å². The molecule has 0 atom stereocenters. The van der Waals surface area contributed by atoms with E-state index in [-0.39, 0.29) is 5.91 Å². The van der Waals surface area contributed by atoms with Crippen molar-refractivity contribution in [2.75, 3.05) is 16.8 Å². The SMILES string of the molecule is Cc1cc(SCC(=O)Nc2ccc(Cl)c(N)c2)n(C)n1. The molecule has 20 heavy (non-hydrogen) atoms. The minimum absolute atomic E-state index is 0.101. The summed E-state index contributed by atoms with van der Waals surface area (Å²) >= 11 is 7.26. The van der Waals surface area contributed by atoms with E-state index in [1.165, 1.54) is 11.8 Å². The monoisotopic (exact) mass is 310 g/mol. The Labute approximate surface area is 126 Å². The first-order chi connectivity index (χ1) is 9.45. The Hall–Kier alpha value is -1.66.